The van der Waals surface area contributed by atoms with Gasteiger partial charge in [0, 0.05) is 5.54 Å². The molecule has 0 bridgehead atoms. The van der Waals surface area contributed by atoms with Crippen molar-refractivity contribution >= 4 is 10.1 Å². The van der Waals surface area contributed by atoms with Crippen molar-refractivity contribution in [1.29, 1.82) is 0 Å². The average molecular weight is 223 g/mol. The van der Waals surface area contributed by atoms with Crippen LogP contribution in [0.3, 0.4) is 0 Å². The second-order valence-electron chi connectivity index (χ2n) is 4.85. The predicted molar refractivity (Wildman–Crippen MR) is 51.8 cm³/mol. The standard InChI is InChI=1S/C8H17NO4S/c1-7(2)4-5-8(3,9(7)10)6-14(11,12)13/h10H,4-6H2,1-3H3,(H,11,12,13). The van der Waals surface area contributed by atoms with E-state index in [1.54, 1.807) is 6.92 Å². The van der Waals surface area contributed by atoms with Crippen LogP contribution < -0.4 is 0 Å². The molecule has 0 spiro atoms. The third kappa shape index (κ3) is 2.25. The van der Waals surface area contributed by atoms with Crippen LogP contribution in [0, 0.1) is 0 Å². The van der Waals surface area contributed by atoms with Gasteiger partial charge in [-0.05, 0) is 33.6 Å². The molecule has 1 atom stereocenters. The molecule has 14 heavy (non-hydrogen) atoms. The van der Waals surface area contributed by atoms with E-state index < -0.39 is 26.9 Å². The minimum absolute atomic E-state index is 0.431. The quantitative estimate of drug-likeness (QED) is 0.680. The van der Waals surface area contributed by atoms with Crippen LogP contribution in [0.1, 0.15) is 33.6 Å². The Morgan fingerprint density at radius 1 is 1.29 bits per heavy atom. The Bertz CT molecular complexity index is 324. The molecule has 1 unspecified atom stereocenters. The van der Waals surface area contributed by atoms with Crippen LogP contribution in [0.25, 0.3) is 0 Å². The zero-order chi connectivity index (χ0) is 11.2. The van der Waals surface area contributed by atoms with Crippen LogP contribution in [0.5, 0.6) is 0 Å². The molecule has 0 saturated carbocycles. The van der Waals surface area contributed by atoms with Gasteiger partial charge in [-0.15, -0.1) is 0 Å². The van der Waals surface area contributed by atoms with Crippen LogP contribution in [-0.4, -0.2) is 40.1 Å². The van der Waals surface area contributed by atoms with Crippen molar-refractivity contribution in [3.8, 4) is 0 Å². The number of nitrogens with zero attached hydrogens (tertiary/aromatic N) is 1. The van der Waals surface area contributed by atoms with Crippen molar-refractivity contribution in [2.24, 2.45) is 0 Å². The molecular formula is C8H17NO4S. The van der Waals surface area contributed by atoms with Gasteiger partial charge < -0.3 is 5.21 Å². The molecular weight excluding hydrogens is 206 g/mol. The number of rotatable bonds is 2. The first-order valence-electron chi connectivity index (χ1n) is 4.51. The maximum absolute atomic E-state index is 10.8. The molecule has 1 aliphatic rings. The first-order chi connectivity index (χ1) is 6.07. The molecule has 1 fully saturated rings. The maximum Gasteiger partial charge on any atom is 0.266 e. The molecule has 0 amide bonds. The van der Waals surface area contributed by atoms with E-state index >= 15 is 0 Å². The average Bonchev–Trinajstić information content (AvgIpc) is 2.12. The molecule has 1 saturated heterocycles. The van der Waals surface area contributed by atoms with E-state index in [4.69, 9.17) is 4.55 Å². The summed E-state index contributed by atoms with van der Waals surface area (Å²) in [6.07, 6.45) is 1.26. The highest BCUT2D eigenvalue weighted by Crippen LogP contribution is 2.39. The van der Waals surface area contributed by atoms with Crippen molar-refractivity contribution < 1.29 is 18.2 Å². The summed E-state index contributed by atoms with van der Waals surface area (Å²) in [5, 5.41) is 10.8. The summed E-state index contributed by atoms with van der Waals surface area (Å²) < 4.78 is 30.3. The minimum atomic E-state index is -4.05. The van der Waals surface area contributed by atoms with Crippen LogP contribution in [0.2, 0.25) is 0 Å². The first-order valence-corrected chi connectivity index (χ1v) is 6.12. The molecule has 1 rings (SSSR count). The van der Waals surface area contributed by atoms with E-state index in [2.05, 4.69) is 0 Å². The van der Waals surface area contributed by atoms with Crippen LogP contribution >= 0.6 is 0 Å². The van der Waals surface area contributed by atoms with E-state index in [1.807, 2.05) is 13.8 Å². The van der Waals surface area contributed by atoms with Gasteiger partial charge in [-0.25, -0.2) is 0 Å². The Morgan fingerprint density at radius 2 is 1.79 bits per heavy atom. The highest BCUT2D eigenvalue weighted by molar-refractivity contribution is 7.85. The number of hydrogen-bond acceptors (Lipinski definition) is 4. The molecule has 6 heteroatoms. The Morgan fingerprint density at radius 3 is 2.07 bits per heavy atom. The fourth-order valence-corrected chi connectivity index (χ4v) is 3.10. The molecule has 84 valence electrons. The Kier molecular flexibility index (Phi) is 2.69. The fraction of sp³-hybridized carbons (Fsp3) is 1.00. The summed E-state index contributed by atoms with van der Waals surface area (Å²) in [5.41, 5.74) is -1.31. The Labute approximate surface area is 84.4 Å². The molecule has 0 aromatic carbocycles. The number of hydroxylamine groups is 2. The Balaban J connectivity index is 2.89. The molecule has 0 aliphatic carbocycles. The van der Waals surface area contributed by atoms with E-state index in [-0.39, 0.29) is 0 Å². The maximum atomic E-state index is 10.8. The Hall–Kier alpha value is -0.170. The van der Waals surface area contributed by atoms with E-state index in [0.29, 0.717) is 12.8 Å². The number of hydrogen-bond donors (Lipinski definition) is 2. The summed E-state index contributed by atoms with van der Waals surface area (Å²) >= 11 is 0. The van der Waals surface area contributed by atoms with Crippen molar-refractivity contribution in [1.82, 2.24) is 5.06 Å². The van der Waals surface area contributed by atoms with E-state index in [1.165, 1.54) is 0 Å². The van der Waals surface area contributed by atoms with Crippen molar-refractivity contribution in [3.05, 3.63) is 0 Å². The second-order valence-corrected chi connectivity index (χ2v) is 6.30. The third-order valence-electron chi connectivity index (χ3n) is 2.85. The summed E-state index contributed by atoms with van der Waals surface area (Å²) in [4.78, 5) is 0. The molecule has 5 nitrogen and oxygen atoms in total. The summed E-state index contributed by atoms with van der Waals surface area (Å²) in [7, 11) is -4.05. The molecule has 1 heterocycles. The summed E-state index contributed by atoms with van der Waals surface area (Å²) in [5.74, 6) is -0.431. The summed E-state index contributed by atoms with van der Waals surface area (Å²) in [6.45, 7) is 5.31. The van der Waals surface area contributed by atoms with Gasteiger partial charge in [0.05, 0.1) is 11.3 Å². The van der Waals surface area contributed by atoms with Gasteiger partial charge in [-0.2, -0.15) is 13.5 Å². The molecule has 1 aliphatic heterocycles. The van der Waals surface area contributed by atoms with Gasteiger partial charge in [0.2, 0.25) is 0 Å². The first kappa shape index (κ1) is 11.9. The molecule has 0 aromatic rings. The predicted octanol–water partition coefficient (Wildman–Crippen LogP) is 0.897. The topological polar surface area (TPSA) is 77.8 Å². The highest BCUT2D eigenvalue weighted by Gasteiger charge is 2.49. The largest absolute Gasteiger partial charge is 0.313 e. The molecule has 0 radical (unpaired) electrons. The van der Waals surface area contributed by atoms with Gasteiger partial charge in [0.1, 0.15) is 0 Å². The monoisotopic (exact) mass is 223 g/mol. The van der Waals surface area contributed by atoms with Crippen molar-refractivity contribution in [2.45, 2.75) is 44.7 Å². The van der Waals surface area contributed by atoms with E-state index in [0.717, 1.165) is 5.06 Å². The normalized spacial score (nSPS) is 33.5. The van der Waals surface area contributed by atoms with Gasteiger partial charge in [0.15, 0.2) is 0 Å². The van der Waals surface area contributed by atoms with Crippen LogP contribution in [0.15, 0.2) is 0 Å². The lowest BCUT2D eigenvalue weighted by atomic mass is 10.0. The summed E-state index contributed by atoms with van der Waals surface area (Å²) in [6, 6.07) is 0. The SMILES string of the molecule is CC1(C)CCC(C)(CS(=O)(=O)O)N1O. The van der Waals surface area contributed by atoms with Crippen molar-refractivity contribution in [2.75, 3.05) is 5.75 Å². The zero-order valence-corrected chi connectivity index (χ0v) is 9.50. The van der Waals surface area contributed by atoms with E-state index in [9.17, 15) is 13.6 Å². The lowest BCUT2D eigenvalue weighted by Gasteiger charge is -2.35. The smallest absolute Gasteiger partial charge is 0.266 e. The zero-order valence-electron chi connectivity index (χ0n) is 8.69. The van der Waals surface area contributed by atoms with Gasteiger partial charge in [0.25, 0.3) is 10.1 Å². The van der Waals surface area contributed by atoms with Crippen molar-refractivity contribution in [3.63, 3.8) is 0 Å². The lowest BCUT2D eigenvalue weighted by molar-refractivity contribution is -0.190. The minimum Gasteiger partial charge on any atom is -0.313 e. The second kappa shape index (κ2) is 3.16. The van der Waals surface area contributed by atoms with Gasteiger partial charge >= 0.3 is 0 Å². The lowest BCUT2D eigenvalue weighted by Crippen LogP contribution is -2.51. The molecule has 0 aromatic heterocycles. The fourth-order valence-electron chi connectivity index (χ4n) is 2.04. The third-order valence-corrected chi connectivity index (χ3v) is 3.84. The van der Waals surface area contributed by atoms with Gasteiger partial charge in [-0.3, -0.25) is 4.55 Å². The highest BCUT2D eigenvalue weighted by atomic mass is 32.2. The van der Waals surface area contributed by atoms with Gasteiger partial charge in [-0.1, -0.05) is 0 Å². The molecule has 2 N–H and O–H groups in total. The van der Waals surface area contributed by atoms with Crippen LogP contribution in [-0.2, 0) is 10.1 Å². The van der Waals surface area contributed by atoms with Crippen LogP contribution in [0.4, 0.5) is 0 Å².